The van der Waals surface area contributed by atoms with Crippen molar-refractivity contribution in [3.8, 4) is 0 Å². The van der Waals surface area contributed by atoms with Crippen molar-refractivity contribution in [1.29, 1.82) is 0 Å². The Bertz CT molecular complexity index is 1240. The van der Waals surface area contributed by atoms with Crippen LogP contribution in [0.1, 0.15) is 29.2 Å². The summed E-state index contributed by atoms with van der Waals surface area (Å²) in [4.78, 5) is 0. The Morgan fingerprint density at radius 2 is 0.850 bits per heavy atom. The Kier molecular flexibility index (Phi) is 10.5. The van der Waals surface area contributed by atoms with Gasteiger partial charge >= 0.3 is 0 Å². The molecule has 4 aromatic carbocycles. The van der Waals surface area contributed by atoms with Crippen molar-refractivity contribution in [2.24, 2.45) is 0 Å². The molecule has 40 heavy (non-hydrogen) atoms. The fourth-order valence-corrected chi connectivity index (χ4v) is 5.02. The second-order valence-electron chi connectivity index (χ2n) is 10.2. The first-order chi connectivity index (χ1) is 19.8. The largest absolute Gasteiger partial charge is 0.374 e. The van der Waals surface area contributed by atoms with Crippen LogP contribution in [0, 0.1) is 0 Å². The molecule has 5 heteroatoms. The van der Waals surface area contributed by atoms with Gasteiger partial charge in [-0.1, -0.05) is 121 Å². The maximum Gasteiger partial charge on any atom is 0.115 e. The molecule has 1 heterocycles. The minimum atomic E-state index is -0.392. The molecule has 0 amide bonds. The van der Waals surface area contributed by atoms with Crippen LogP contribution in [0.15, 0.2) is 121 Å². The van der Waals surface area contributed by atoms with Gasteiger partial charge in [0.2, 0.25) is 0 Å². The monoisotopic (exact) mass is 538 g/mol. The lowest BCUT2D eigenvalue weighted by Crippen LogP contribution is -2.60. The summed E-state index contributed by atoms with van der Waals surface area (Å²) in [6, 6.07) is 40.8. The van der Waals surface area contributed by atoms with Gasteiger partial charge in [-0.3, -0.25) is 0 Å². The summed E-state index contributed by atoms with van der Waals surface area (Å²) in [5.41, 5.74) is 4.41. The van der Waals surface area contributed by atoms with E-state index < -0.39 is 6.10 Å². The van der Waals surface area contributed by atoms with Gasteiger partial charge in [-0.2, -0.15) is 0 Å². The standard InChI is InChI=1S/C35H38O5/c1-27-33(37-23-29-16-8-3-9-17-29)35(39-25-31-20-12-5-13-21-31)34(38-24-30-18-10-4-11-19-30)32(40-27)26-36-22-28-14-6-2-7-15-28/h2-21,27,32-35H,22-26H2,1H3/t27?,32?,33?,34-,35+/m1/s1. The molecule has 0 radical (unpaired) electrons. The van der Waals surface area contributed by atoms with E-state index in [9.17, 15) is 0 Å². The molecule has 0 aliphatic carbocycles. The molecule has 0 saturated carbocycles. The molecular formula is C35H38O5. The SMILES string of the molecule is CC1OC(COCc2ccccc2)[C@@H](OCc2ccccc2)[C@@H](OCc2ccccc2)C1OCc1ccccc1. The minimum absolute atomic E-state index is 0.216. The molecule has 0 bridgehead atoms. The van der Waals surface area contributed by atoms with E-state index in [0.717, 1.165) is 22.3 Å². The molecule has 4 aromatic rings. The number of benzene rings is 4. The Balaban J connectivity index is 1.36. The third-order valence-corrected chi connectivity index (χ3v) is 7.12. The zero-order valence-electron chi connectivity index (χ0n) is 23.0. The van der Waals surface area contributed by atoms with Crippen molar-refractivity contribution in [2.45, 2.75) is 63.9 Å². The lowest BCUT2D eigenvalue weighted by atomic mass is 9.94. The van der Waals surface area contributed by atoms with Crippen LogP contribution in [-0.2, 0) is 50.1 Å². The fourth-order valence-electron chi connectivity index (χ4n) is 5.02. The zero-order chi connectivity index (χ0) is 27.4. The quantitative estimate of drug-likeness (QED) is 0.189. The van der Waals surface area contributed by atoms with Crippen molar-refractivity contribution in [1.82, 2.24) is 0 Å². The molecule has 1 saturated heterocycles. The smallest absolute Gasteiger partial charge is 0.115 e. The van der Waals surface area contributed by atoms with Gasteiger partial charge in [0.15, 0.2) is 0 Å². The lowest BCUT2D eigenvalue weighted by molar-refractivity contribution is -0.269. The topological polar surface area (TPSA) is 46.2 Å². The van der Waals surface area contributed by atoms with Crippen LogP contribution in [-0.4, -0.2) is 37.1 Å². The van der Waals surface area contributed by atoms with Crippen molar-refractivity contribution < 1.29 is 23.7 Å². The van der Waals surface area contributed by atoms with Crippen molar-refractivity contribution >= 4 is 0 Å². The van der Waals surface area contributed by atoms with Gasteiger partial charge in [0.25, 0.3) is 0 Å². The van der Waals surface area contributed by atoms with E-state index in [0.29, 0.717) is 33.0 Å². The first kappa shape index (κ1) is 28.2. The van der Waals surface area contributed by atoms with E-state index in [4.69, 9.17) is 23.7 Å². The van der Waals surface area contributed by atoms with Crippen LogP contribution in [0.25, 0.3) is 0 Å². The predicted molar refractivity (Wildman–Crippen MR) is 155 cm³/mol. The number of ether oxygens (including phenoxy) is 5. The third kappa shape index (κ3) is 8.10. The highest BCUT2D eigenvalue weighted by Crippen LogP contribution is 2.30. The van der Waals surface area contributed by atoms with Crippen LogP contribution in [0.2, 0.25) is 0 Å². The highest BCUT2D eigenvalue weighted by molar-refractivity contribution is 5.16. The van der Waals surface area contributed by atoms with Gasteiger partial charge in [0, 0.05) is 0 Å². The van der Waals surface area contributed by atoms with Gasteiger partial charge in [-0.25, -0.2) is 0 Å². The lowest BCUT2D eigenvalue weighted by Gasteiger charge is -2.45. The van der Waals surface area contributed by atoms with E-state index >= 15 is 0 Å². The molecule has 208 valence electrons. The summed E-state index contributed by atoms with van der Waals surface area (Å²) in [7, 11) is 0. The van der Waals surface area contributed by atoms with Gasteiger partial charge in [0.05, 0.1) is 39.1 Å². The second-order valence-corrected chi connectivity index (χ2v) is 10.2. The molecule has 5 nitrogen and oxygen atoms in total. The average Bonchev–Trinajstić information content (AvgIpc) is 3.01. The van der Waals surface area contributed by atoms with Crippen LogP contribution in [0.5, 0.6) is 0 Å². The van der Waals surface area contributed by atoms with Crippen LogP contribution < -0.4 is 0 Å². The number of rotatable bonds is 13. The van der Waals surface area contributed by atoms with Crippen molar-refractivity contribution in [3.63, 3.8) is 0 Å². The van der Waals surface area contributed by atoms with Crippen LogP contribution >= 0.6 is 0 Å². The summed E-state index contributed by atoms with van der Waals surface area (Å²) in [5.74, 6) is 0. The average molecular weight is 539 g/mol. The van der Waals surface area contributed by atoms with E-state index in [-0.39, 0.29) is 24.4 Å². The summed E-state index contributed by atoms with van der Waals surface area (Å²) in [5, 5.41) is 0. The van der Waals surface area contributed by atoms with Crippen LogP contribution in [0.4, 0.5) is 0 Å². The van der Waals surface area contributed by atoms with Gasteiger partial charge in [-0.15, -0.1) is 0 Å². The Morgan fingerprint density at radius 3 is 1.30 bits per heavy atom. The molecule has 0 aromatic heterocycles. The third-order valence-electron chi connectivity index (χ3n) is 7.12. The summed E-state index contributed by atoms with van der Waals surface area (Å²) in [6.45, 7) is 4.29. The highest BCUT2D eigenvalue weighted by atomic mass is 16.6. The highest BCUT2D eigenvalue weighted by Gasteiger charge is 2.46. The van der Waals surface area contributed by atoms with Gasteiger partial charge < -0.3 is 23.7 Å². The fraction of sp³-hybridized carbons (Fsp3) is 0.314. The normalized spacial score (nSPS) is 22.7. The molecule has 0 N–H and O–H groups in total. The van der Waals surface area contributed by atoms with E-state index in [2.05, 4.69) is 48.5 Å². The minimum Gasteiger partial charge on any atom is -0.374 e. The van der Waals surface area contributed by atoms with Gasteiger partial charge in [0.1, 0.15) is 24.4 Å². The Labute approximate surface area is 237 Å². The van der Waals surface area contributed by atoms with Crippen molar-refractivity contribution in [2.75, 3.05) is 6.61 Å². The Hall–Kier alpha value is -3.32. The molecule has 5 atom stereocenters. The molecule has 0 spiro atoms. The summed E-state index contributed by atoms with van der Waals surface area (Å²) in [6.07, 6.45) is -1.61. The number of hydrogen-bond donors (Lipinski definition) is 0. The molecular weight excluding hydrogens is 500 g/mol. The van der Waals surface area contributed by atoms with Crippen molar-refractivity contribution in [3.05, 3.63) is 144 Å². The summed E-state index contributed by atoms with van der Waals surface area (Å²) < 4.78 is 32.5. The maximum atomic E-state index is 6.65. The molecule has 1 fully saturated rings. The van der Waals surface area contributed by atoms with Crippen LogP contribution in [0.3, 0.4) is 0 Å². The van der Waals surface area contributed by atoms with Gasteiger partial charge in [-0.05, 0) is 29.2 Å². The van der Waals surface area contributed by atoms with E-state index in [1.165, 1.54) is 0 Å². The second kappa shape index (κ2) is 14.9. The Morgan fingerprint density at radius 1 is 0.475 bits per heavy atom. The summed E-state index contributed by atoms with van der Waals surface area (Å²) >= 11 is 0. The molecule has 5 rings (SSSR count). The number of hydrogen-bond acceptors (Lipinski definition) is 5. The maximum absolute atomic E-state index is 6.65. The molecule has 1 aliphatic rings. The molecule has 3 unspecified atom stereocenters. The van der Waals surface area contributed by atoms with E-state index in [1.54, 1.807) is 0 Å². The predicted octanol–water partition coefficient (Wildman–Crippen LogP) is 6.75. The first-order valence-electron chi connectivity index (χ1n) is 14.0. The van der Waals surface area contributed by atoms with E-state index in [1.807, 2.05) is 79.7 Å². The first-order valence-corrected chi connectivity index (χ1v) is 14.0. The molecule has 1 aliphatic heterocycles. The zero-order valence-corrected chi connectivity index (χ0v) is 23.0.